The Kier molecular flexibility index (Phi) is 8.66. The molecule has 0 heterocycles. The summed E-state index contributed by atoms with van der Waals surface area (Å²) in [6, 6.07) is 52.3. The molecule has 0 saturated heterocycles. The van der Waals surface area contributed by atoms with E-state index in [0.717, 1.165) is 17.1 Å². The average molecular weight is 568 g/mol. The Morgan fingerprint density at radius 3 is 0.841 bits per heavy atom. The van der Waals surface area contributed by atoms with Gasteiger partial charge in [0.15, 0.2) is 0 Å². The zero-order chi connectivity index (χ0) is 30.3. The maximum Gasteiger partial charge on any atom is 0.0462 e. The van der Waals surface area contributed by atoms with E-state index in [1.54, 1.807) is 0 Å². The van der Waals surface area contributed by atoms with Crippen molar-refractivity contribution in [2.75, 3.05) is 4.90 Å². The number of rotatable bonds is 8. The highest BCUT2D eigenvalue weighted by atomic mass is 15.1. The summed E-state index contributed by atoms with van der Waals surface area (Å²) in [6.07, 6.45) is 8.68. The molecule has 0 bridgehead atoms. The van der Waals surface area contributed by atoms with Gasteiger partial charge in [0.05, 0.1) is 0 Å². The number of aryl methyl sites for hydroxylation is 3. The topological polar surface area (TPSA) is 3.24 Å². The monoisotopic (exact) mass is 567 g/mol. The largest absolute Gasteiger partial charge is 0.311 e. The van der Waals surface area contributed by atoms with E-state index in [9.17, 15) is 0 Å². The predicted octanol–water partition coefficient (Wildman–Crippen LogP) is 12.1. The van der Waals surface area contributed by atoms with Gasteiger partial charge in [0.1, 0.15) is 0 Å². The van der Waals surface area contributed by atoms with Gasteiger partial charge in [0.25, 0.3) is 0 Å². The van der Waals surface area contributed by atoms with Crippen LogP contribution in [-0.2, 0) is 0 Å². The van der Waals surface area contributed by atoms with Crippen molar-refractivity contribution in [2.24, 2.45) is 0 Å². The third kappa shape index (κ3) is 7.14. The fourth-order valence-corrected chi connectivity index (χ4v) is 5.21. The molecule has 1 heteroatoms. The summed E-state index contributed by atoms with van der Waals surface area (Å²) in [4.78, 5) is 2.30. The van der Waals surface area contributed by atoms with Gasteiger partial charge in [-0.1, -0.05) is 150 Å². The molecule has 0 unspecified atom stereocenters. The molecule has 6 aromatic carbocycles. The fourth-order valence-electron chi connectivity index (χ4n) is 5.21. The minimum Gasteiger partial charge on any atom is -0.311 e. The van der Waals surface area contributed by atoms with Crippen LogP contribution in [0.2, 0.25) is 0 Å². The number of hydrogen-bond acceptors (Lipinski definition) is 1. The molecule has 0 aliphatic carbocycles. The molecule has 0 aliphatic rings. The number of hydrogen-bond donors (Lipinski definition) is 0. The van der Waals surface area contributed by atoms with Crippen LogP contribution in [0.1, 0.15) is 38.9 Å². The third-order valence-electron chi connectivity index (χ3n) is 7.90. The first-order chi connectivity index (χ1) is 21.5. The Morgan fingerprint density at radius 2 is 0.523 bits per heavy atom. The van der Waals surface area contributed by atoms with E-state index in [4.69, 9.17) is 0 Å². The molecular weight excluding hydrogens is 530 g/mol. The normalized spacial score (nSPS) is 11.3. The quantitative estimate of drug-likeness (QED) is 0.165. The minimum atomic E-state index is 1.14. The number of nitrogens with zero attached hydrogens (tertiary/aromatic N) is 1. The van der Waals surface area contributed by atoms with E-state index in [0.29, 0.717) is 0 Å². The van der Waals surface area contributed by atoms with Crippen molar-refractivity contribution in [1.29, 1.82) is 0 Å². The molecule has 214 valence electrons. The molecule has 0 spiro atoms. The Morgan fingerprint density at radius 1 is 0.295 bits per heavy atom. The van der Waals surface area contributed by atoms with Crippen LogP contribution in [-0.4, -0.2) is 0 Å². The minimum absolute atomic E-state index is 1.14. The van der Waals surface area contributed by atoms with Gasteiger partial charge in [-0.05, 0) is 90.6 Å². The lowest BCUT2D eigenvalue weighted by Gasteiger charge is -2.25. The summed E-state index contributed by atoms with van der Waals surface area (Å²) in [6.45, 7) is 6.36. The summed E-state index contributed by atoms with van der Waals surface area (Å²) >= 11 is 0. The van der Waals surface area contributed by atoms with Gasteiger partial charge in [-0.3, -0.25) is 0 Å². The maximum absolute atomic E-state index is 2.30. The van der Waals surface area contributed by atoms with Gasteiger partial charge in [-0.15, -0.1) is 0 Å². The number of anilines is 3. The second-order valence-electron chi connectivity index (χ2n) is 11.4. The molecule has 1 nitrogen and oxygen atoms in total. The molecule has 0 aliphatic heterocycles. The van der Waals surface area contributed by atoms with Crippen LogP contribution < -0.4 is 4.90 Å². The first kappa shape index (κ1) is 28.7. The zero-order valence-electron chi connectivity index (χ0n) is 25.6. The van der Waals surface area contributed by atoms with Gasteiger partial charge in [-0.25, -0.2) is 0 Å². The summed E-state index contributed by atoms with van der Waals surface area (Å²) in [5.74, 6) is 0. The van der Waals surface area contributed by atoms with E-state index in [2.05, 4.69) is 196 Å². The van der Waals surface area contributed by atoms with Crippen LogP contribution >= 0.6 is 0 Å². The van der Waals surface area contributed by atoms with Crippen LogP contribution in [0.3, 0.4) is 0 Å². The van der Waals surface area contributed by atoms with Crippen LogP contribution in [0.5, 0.6) is 0 Å². The van der Waals surface area contributed by atoms with Crippen molar-refractivity contribution in [3.05, 3.63) is 185 Å². The van der Waals surface area contributed by atoms with Crippen molar-refractivity contribution < 1.29 is 0 Å². The van der Waals surface area contributed by atoms with Crippen LogP contribution in [0.15, 0.2) is 146 Å². The van der Waals surface area contributed by atoms with E-state index >= 15 is 0 Å². The highest BCUT2D eigenvalue weighted by Gasteiger charge is 2.12. The molecule has 6 rings (SSSR count). The lowest BCUT2D eigenvalue weighted by atomic mass is 10.0. The Labute approximate surface area is 262 Å². The second kappa shape index (κ2) is 13.3. The Hall–Kier alpha value is -5.40. The second-order valence-corrected chi connectivity index (χ2v) is 11.4. The lowest BCUT2D eigenvalue weighted by molar-refractivity contribution is 1.27. The van der Waals surface area contributed by atoms with Gasteiger partial charge in [-0.2, -0.15) is 0 Å². The third-order valence-corrected chi connectivity index (χ3v) is 7.90. The fraction of sp³-hybridized carbons (Fsp3) is 0.0698. The summed E-state index contributed by atoms with van der Waals surface area (Å²) in [7, 11) is 0. The van der Waals surface area contributed by atoms with Gasteiger partial charge in [0, 0.05) is 17.1 Å². The van der Waals surface area contributed by atoms with Crippen molar-refractivity contribution >= 4 is 41.4 Å². The molecule has 0 saturated carbocycles. The van der Waals surface area contributed by atoms with Crippen molar-refractivity contribution in [2.45, 2.75) is 20.8 Å². The molecule has 6 aromatic rings. The smallest absolute Gasteiger partial charge is 0.0462 e. The molecule has 0 aromatic heterocycles. The van der Waals surface area contributed by atoms with Gasteiger partial charge < -0.3 is 4.90 Å². The first-order valence-electron chi connectivity index (χ1n) is 15.2. The molecule has 0 N–H and O–H groups in total. The molecule has 0 amide bonds. The Balaban J connectivity index is 1.13. The standard InChI is InChI=1S/C43H37N/c1-32-4-10-35(11-5-32)12-13-36-16-22-39(23-17-36)40-24-18-37(19-25-40)14-15-38-20-30-43(31-21-38)44(41-26-6-33(2)7-27-41)42-28-8-34(3)9-29-42/h4-31H,1-3H3/b13-12+,15-14+. The SMILES string of the molecule is Cc1ccc(/C=C/c2ccc(-c3ccc(/C=C/c4ccc(N(c5ccc(C)cc5)c5ccc(C)cc5)cc4)cc3)cc2)cc1. The van der Waals surface area contributed by atoms with E-state index in [1.807, 2.05) is 0 Å². The van der Waals surface area contributed by atoms with Crippen LogP contribution in [0, 0.1) is 20.8 Å². The number of benzene rings is 6. The molecule has 0 radical (unpaired) electrons. The van der Waals surface area contributed by atoms with E-state index < -0.39 is 0 Å². The average Bonchev–Trinajstić information content (AvgIpc) is 3.06. The van der Waals surface area contributed by atoms with Crippen molar-refractivity contribution in [3.63, 3.8) is 0 Å². The van der Waals surface area contributed by atoms with Gasteiger partial charge >= 0.3 is 0 Å². The lowest BCUT2D eigenvalue weighted by Crippen LogP contribution is -2.09. The summed E-state index contributed by atoms with van der Waals surface area (Å²) in [5.41, 5.74) is 14.4. The molecule has 0 atom stereocenters. The molecule has 44 heavy (non-hydrogen) atoms. The van der Waals surface area contributed by atoms with Gasteiger partial charge in [0.2, 0.25) is 0 Å². The highest BCUT2D eigenvalue weighted by molar-refractivity contribution is 5.79. The van der Waals surface area contributed by atoms with Crippen LogP contribution in [0.4, 0.5) is 17.1 Å². The van der Waals surface area contributed by atoms with E-state index in [1.165, 1.54) is 50.1 Å². The van der Waals surface area contributed by atoms with Crippen LogP contribution in [0.25, 0.3) is 35.4 Å². The van der Waals surface area contributed by atoms with E-state index in [-0.39, 0.29) is 0 Å². The summed E-state index contributed by atoms with van der Waals surface area (Å²) < 4.78 is 0. The van der Waals surface area contributed by atoms with Crippen molar-refractivity contribution in [1.82, 2.24) is 0 Å². The Bertz CT molecular complexity index is 1810. The maximum atomic E-state index is 2.30. The van der Waals surface area contributed by atoms with Crippen molar-refractivity contribution in [3.8, 4) is 11.1 Å². The summed E-state index contributed by atoms with van der Waals surface area (Å²) in [5, 5.41) is 0. The first-order valence-corrected chi connectivity index (χ1v) is 15.2. The predicted molar refractivity (Wildman–Crippen MR) is 192 cm³/mol. The zero-order valence-corrected chi connectivity index (χ0v) is 25.6. The molecule has 0 fully saturated rings. The molecular formula is C43H37N. The highest BCUT2D eigenvalue weighted by Crippen LogP contribution is 2.35.